The van der Waals surface area contributed by atoms with Crippen LogP contribution in [0.4, 0.5) is 5.69 Å². The average Bonchev–Trinajstić information content (AvgIpc) is 3.06. The van der Waals surface area contributed by atoms with Gasteiger partial charge in [0.1, 0.15) is 12.4 Å². The van der Waals surface area contributed by atoms with Crippen LogP contribution in [0.2, 0.25) is 5.02 Å². The third-order valence-corrected chi connectivity index (χ3v) is 4.42. The van der Waals surface area contributed by atoms with Gasteiger partial charge >= 0.3 is 5.97 Å². The van der Waals surface area contributed by atoms with E-state index in [1.807, 2.05) is 18.2 Å². The highest BCUT2D eigenvalue weighted by molar-refractivity contribution is 6.30. The lowest BCUT2D eigenvalue weighted by Gasteiger charge is -2.21. The van der Waals surface area contributed by atoms with Crippen LogP contribution in [0.25, 0.3) is 0 Å². The number of carbonyl (C=O) groups excluding carboxylic acids is 2. The predicted molar refractivity (Wildman–Crippen MR) is 99.6 cm³/mol. The summed E-state index contributed by atoms with van der Waals surface area (Å²) in [6.07, 6.45) is 0. The molecule has 4 rings (SSSR count). The zero-order valence-electron chi connectivity index (χ0n) is 14.7. The Labute approximate surface area is 165 Å². The van der Waals surface area contributed by atoms with Gasteiger partial charge in [0.05, 0.1) is 6.61 Å². The number of Topliss-reactive ketones (excluding diaryl/α,β-unsaturated/α-hetero) is 1. The van der Waals surface area contributed by atoms with E-state index < -0.39 is 11.8 Å². The molecule has 0 amide bonds. The minimum Gasteiger partial charge on any atom is -0.470 e. The van der Waals surface area contributed by atoms with Crippen molar-refractivity contribution in [1.29, 1.82) is 0 Å². The molecule has 2 aromatic carbocycles. The quantitative estimate of drug-likeness (QED) is 0.608. The van der Waals surface area contributed by atoms with E-state index in [2.05, 4.69) is 5.32 Å². The second-order valence-electron chi connectivity index (χ2n) is 6.15. The Morgan fingerprint density at radius 1 is 1.14 bits per heavy atom. The van der Waals surface area contributed by atoms with Gasteiger partial charge < -0.3 is 24.3 Å². The maximum Gasteiger partial charge on any atom is 0.347 e. The smallest absolute Gasteiger partial charge is 0.347 e. The van der Waals surface area contributed by atoms with Crippen LogP contribution in [-0.2, 0) is 37.0 Å². The molecule has 144 valence electrons. The molecule has 0 saturated carbocycles. The molecule has 0 fully saturated rings. The maximum atomic E-state index is 12.6. The lowest BCUT2D eigenvalue weighted by Crippen LogP contribution is -2.18. The average molecular weight is 402 g/mol. The Kier molecular flexibility index (Phi) is 5.18. The number of hydrogen-bond acceptors (Lipinski definition) is 7. The van der Waals surface area contributed by atoms with E-state index in [9.17, 15) is 9.59 Å². The third kappa shape index (κ3) is 3.81. The van der Waals surface area contributed by atoms with E-state index in [4.69, 9.17) is 30.5 Å². The number of ether oxygens (including phenoxy) is 4. The first kappa shape index (κ1) is 18.3. The van der Waals surface area contributed by atoms with Crippen molar-refractivity contribution in [2.24, 2.45) is 0 Å². The zero-order chi connectivity index (χ0) is 19.5. The molecule has 0 spiro atoms. The van der Waals surface area contributed by atoms with Crippen molar-refractivity contribution < 1.29 is 28.5 Å². The highest BCUT2D eigenvalue weighted by Gasteiger charge is 2.33. The van der Waals surface area contributed by atoms with E-state index in [0.717, 1.165) is 5.56 Å². The molecule has 0 radical (unpaired) electrons. The number of rotatable bonds is 5. The first-order chi connectivity index (χ1) is 13.6. The van der Waals surface area contributed by atoms with Crippen LogP contribution in [0.3, 0.4) is 0 Å². The lowest BCUT2D eigenvalue weighted by atomic mass is 10.1. The van der Waals surface area contributed by atoms with E-state index in [-0.39, 0.29) is 31.5 Å². The normalized spacial score (nSPS) is 15.5. The second kappa shape index (κ2) is 7.92. The SMILES string of the molecule is O=C1COC(Nc2ccccc2)=C1C(=O)OCc1cc(Cl)cc2c1OCOC2. The molecular weight excluding hydrogens is 386 g/mol. The maximum absolute atomic E-state index is 12.6. The number of halogens is 1. The Balaban J connectivity index is 1.52. The van der Waals surface area contributed by atoms with Crippen LogP contribution in [0.5, 0.6) is 5.75 Å². The fraction of sp³-hybridized carbons (Fsp3) is 0.200. The summed E-state index contributed by atoms with van der Waals surface area (Å²) in [4.78, 5) is 24.7. The second-order valence-corrected chi connectivity index (χ2v) is 6.58. The number of carbonyl (C=O) groups is 2. The van der Waals surface area contributed by atoms with Crippen LogP contribution >= 0.6 is 11.6 Å². The van der Waals surface area contributed by atoms with Gasteiger partial charge in [-0.1, -0.05) is 29.8 Å². The summed E-state index contributed by atoms with van der Waals surface area (Å²) >= 11 is 6.12. The standard InChI is InChI=1S/C20H16ClNO6/c21-14-6-12-8-25-11-28-18(12)13(7-14)9-27-20(24)17-16(23)10-26-19(17)22-15-4-2-1-3-5-15/h1-7,22H,8-11H2. The highest BCUT2D eigenvalue weighted by Crippen LogP contribution is 2.32. The Morgan fingerprint density at radius 2 is 1.96 bits per heavy atom. The fourth-order valence-electron chi connectivity index (χ4n) is 2.95. The summed E-state index contributed by atoms with van der Waals surface area (Å²) < 4.78 is 21.4. The summed E-state index contributed by atoms with van der Waals surface area (Å²) in [5.41, 5.74) is 1.92. The predicted octanol–water partition coefficient (Wildman–Crippen LogP) is 3.17. The highest BCUT2D eigenvalue weighted by atomic mass is 35.5. The molecule has 7 nitrogen and oxygen atoms in total. The van der Waals surface area contributed by atoms with Gasteiger partial charge in [0.15, 0.2) is 19.0 Å². The first-order valence-corrected chi connectivity index (χ1v) is 8.91. The largest absolute Gasteiger partial charge is 0.470 e. The van der Waals surface area contributed by atoms with Crippen molar-refractivity contribution in [2.45, 2.75) is 13.2 Å². The number of esters is 1. The van der Waals surface area contributed by atoms with Gasteiger partial charge in [0.2, 0.25) is 11.7 Å². The Morgan fingerprint density at radius 3 is 2.79 bits per heavy atom. The number of anilines is 1. The number of nitrogens with one attached hydrogen (secondary N) is 1. The minimum absolute atomic E-state index is 0.0824. The molecule has 0 atom stereocenters. The summed E-state index contributed by atoms with van der Waals surface area (Å²) in [5, 5.41) is 3.41. The summed E-state index contributed by atoms with van der Waals surface area (Å²) in [6.45, 7) is 0.154. The number of para-hydroxylation sites is 1. The van der Waals surface area contributed by atoms with Crippen molar-refractivity contribution in [3.8, 4) is 5.75 Å². The van der Waals surface area contributed by atoms with Crippen LogP contribution in [-0.4, -0.2) is 25.2 Å². The number of benzene rings is 2. The van der Waals surface area contributed by atoms with Crippen molar-refractivity contribution in [3.05, 3.63) is 70.1 Å². The summed E-state index contributed by atoms with van der Waals surface area (Å²) in [5.74, 6) is -0.559. The van der Waals surface area contributed by atoms with E-state index in [0.29, 0.717) is 28.6 Å². The van der Waals surface area contributed by atoms with Crippen LogP contribution in [0.15, 0.2) is 53.9 Å². The molecule has 2 aromatic rings. The fourth-order valence-corrected chi connectivity index (χ4v) is 3.21. The van der Waals surface area contributed by atoms with Gasteiger partial charge in [-0.3, -0.25) is 4.79 Å². The molecule has 0 unspecified atom stereocenters. The topological polar surface area (TPSA) is 83.1 Å². The van der Waals surface area contributed by atoms with Gasteiger partial charge in [0.25, 0.3) is 0 Å². The third-order valence-electron chi connectivity index (χ3n) is 4.20. The van der Waals surface area contributed by atoms with Gasteiger partial charge in [-0.05, 0) is 24.3 Å². The molecule has 0 aliphatic carbocycles. The number of fused-ring (bicyclic) bond motifs is 1. The Hall–Kier alpha value is -3.03. The lowest BCUT2D eigenvalue weighted by molar-refractivity contribution is -0.141. The molecule has 2 aliphatic rings. The summed E-state index contributed by atoms with van der Waals surface area (Å²) in [7, 11) is 0. The van der Waals surface area contributed by atoms with Gasteiger partial charge in [0, 0.05) is 21.8 Å². The van der Waals surface area contributed by atoms with Gasteiger partial charge in [-0.25, -0.2) is 4.79 Å². The van der Waals surface area contributed by atoms with E-state index in [1.165, 1.54) is 0 Å². The number of ketones is 1. The van der Waals surface area contributed by atoms with E-state index >= 15 is 0 Å². The van der Waals surface area contributed by atoms with Crippen LogP contribution < -0.4 is 10.1 Å². The molecule has 0 saturated heterocycles. The zero-order valence-corrected chi connectivity index (χ0v) is 15.5. The summed E-state index contributed by atoms with van der Waals surface area (Å²) in [6, 6.07) is 12.5. The minimum atomic E-state index is -0.776. The van der Waals surface area contributed by atoms with Crippen LogP contribution in [0.1, 0.15) is 11.1 Å². The monoisotopic (exact) mass is 401 g/mol. The van der Waals surface area contributed by atoms with E-state index in [1.54, 1.807) is 24.3 Å². The molecule has 0 bridgehead atoms. The van der Waals surface area contributed by atoms with Crippen molar-refractivity contribution in [3.63, 3.8) is 0 Å². The molecule has 28 heavy (non-hydrogen) atoms. The molecule has 2 heterocycles. The molecule has 2 aliphatic heterocycles. The van der Waals surface area contributed by atoms with Crippen LogP contribution in [0, 0.1) is 0 Å². The number of hydrogen-bond donors (Lipinski definition) is 1. The first-order valence-electron chi connectivity index (χ1n) is 8.53. The molecule has 8 heteroatoms. The Bertz CT molecular complexity index is 957. The van der Waals surface area contributed by atoms with Crippen molar-refractivity contribution >= 4 is 29.0 Å². The molecule has 0 aromatic heterocycles. The van der Waals surface area contributed by atoms with Gasteiger partial charge in [-0.15, -0.1) is 0 Å². The van der Waals surface area contributed by atoms with Crippen molar-refractivity contribution in [2.75, 3.05) is 18.7 Å². The van der Waals surface area contributed by atoms with Gasteiger partial charge in [-0.2, -0.15) is 0 Å². The molecule has 1 N–H and O–H groups in total. The van der Waals surface area contributed by atoms with Crippen molar-refractivity contribution in [1.82, 2.24) is 0 Å². The molecular formula is C20H16ClNO6.